The molecule has 1 fully saturated rings. The van der Waals surface area contributed by atoms with Gasteiger partial charge in [-0.1, -0.05) is 29.4 Å². The molecule has 0 spiro atoms. The summed E-state index contributed by atoms with van der Waals surface area (Å²) in [6.07, 6.45) is 1.19. The van der Waals surface area contributed by atoms with E-state index in [1.165, 1.54) is 17.2 Å². The molecule has 0 bridgehead atoms. The largest absolute Gasteiger partial charge is 0.490 e. The Kier molecular flexibility index (Phi) is 7.88. The van der Waals surface area contributed by atoms with Gasteiger partial charge in [0.25, 0.3) is 0 Å². The van der Waals surface area contributed by atoms with Crippen LogP contribution in [0, 0.1) is 0 Å². The summed E-state index contributed by atoms with van der Waals surface area (Å²) in [5.74, 6) is 0. The van der Waals surface area contributed by atoms with Crippen molar-refractivity contribution in [3.63, 3.8) is 0 Å². The molecule has 1 aliphatic rings. The van der Waals surface area contributed by atoms with E-state index in [2.05, 4.69) is 38.1 Å². The van der Waals surface area contributed by atoms with Crippen molar-refractivity contribution in [2.45, 2.75) is 24.9 Å². The number of benzene rings is 1. The maximum Gasteiger partial charge on any atom is 0.490 e. The molecule has 23 heteroatoms. The minimum Gasteiger partial charge on any atom is -0.390 e. The fraction of sp³-hybridized carbons (Fsp3) is 0.278. The summed E-state index contributed by atoms with van der Waals surface area (Å²) in [6, 6.07) is 6.82. The van der Waals surface area contributed by atoms with Gasteiger partial charge in [0, 0.05) is 22.6 Å². The summed E-state index contributed by atoms with van der Waals surface area (Å²) in [4.78, 5) is 52.1. The van der Waals surface area contributed by atoms with Gasteiger partial charge < -0.3 is 29.4 Å². The van der Waals surface area contributed by atoms with Crippen LogP contribution in [-0.4, -0.2) is 67.4 Å². The number of imidazole rings is 2. The summed E-state index contributed by atoms with van der Waals surface area (Å²) in [5.41, 5.74) is 11.7. The third kappa shape index (κ3) is 6.56. The molecule has 4 aromatic rings. The number of phosphoric ester groups is 1. The molecule has 5 N–H and O–H groups in total. The zero-order valence-corrected chi connectivity index (χ0v) is 22.9. The molecule has 1 aliphatic heterocycles. The smallest absolute Gasteiger partial charge is 0.390 e. The second-order valence-electron chi connectivity index (χ2n) is 8.46. The first-order valence-electron chi connectivity index (χ1n) is 11.2. The summed E-state index contributed by atoms with van der Waals surface area (Å²) < 4.78 is 55.0. The highest BCUT2D eigenvalue weighted by atomic mass is 31.3. The normalized spacial score (nSPS) is 22.4. The van der Waals surface area contributed by atoms with Crippen LogP contribution in [0.4, 0.5) is 5.69 Å². The van der Waals surface area contributed by atoms with E-state index < -0.39 is 48.5 Å². The monoisotopic (exact) mass is 632 g/mol. The van der Waals surface area contributed by atoms with Crippen LogP contribution in [0.1, 0.15) is 12.6 Å². The van der Waals surface area contributed by atoms with Gasteiger partial charge in [0.2, 0.25) is 0 Å². The van der Waals surface area contributed by atoms with Gasteiger partial charge in [0.1, 0.15) is 18.7 Å². The van der Waals surface area contributed by atoms with E-state index in [1.807, 2.05) is 0 Å². The van der Waals surface area contributed by atoms with Crippen LogP contribution < -0.4 is 0 Å². The molecule has 218 valence electrons. The van der Waals surface area contributed by atoms with Crippen molar-refractivity contribution in [2.24, 2.45) is 5.11 Å². The molecule has 5 atom stereocenters. The SMILES string of the molecule is [N-]=[N+]=Nc1ccc(-c2cnc3c4ncn([C@H]5C[C@H](O)[C@@H](COP(=O)(O)OP(=O)(O)OP(=O)(O)O)O5)c4ncn23)cc1. The number of hydrogen-bond donors (Lipinski definition) is 5. The predicted octanol–water partition coefficient (Wildman–Crippen LogP) is 2.68. The highest BCUT2D eigenvalue weighted by Crippen LogP contribution is 2.66. The Labute approximate surface area is 227 Å². The summed E-state index contributed by atoms with van der Waals surface area (Å²) >= 11 is 0. The van der Waals surface area contributed by atoms with Crippen LogP contribution in [0.15, 0.2) is 48.2 Å². The third-order valence-corrected chi connectivity index (χ3v) is 9.53. The third-order valence-electron chi connectivity index (χ3n) is 5.73. The Bertz CT molecular complexity index is 1800. The fourth-order valence-electron chi connectivity index (χ4n) is 4.09. The molecule has 0 aliphatic carbocycles. The summed E-state index contributed by atoms with van der Waals surface area (Å²) in [6.45, 7) is -0.812. The standard InChI is InChI=1S/C18H19N8O12P3/c19-24-23-11-3-1-10(2-4-11)12-6-20-17-16-18(22-9-25(12)17)26(8-21-16)15-5-13(27)14(36-15)7-35-40(31,32)38-41(33,34)37-39(28,29)30/h1-4,6,8-9,13-15,27H,5,7H2,(H,31,32)(H,33,34)(H2,28,29,30)/t13-,14+,15+/m0/s1. The molecule has 41 heavy (non-hydrogen) atoms. The van der Waals surface area contributed by atoms with E-state index in [9.17, 15) is 28.6 Å². The molecule has 4 heterocycles. The van der Waals surface area contributed by atoms with E-state index in [0.717, 1.165) is 5.56 Å². The van der Waals surface area contributed by atoms with Crippen molar-refractivity contribution < 1.29 is 56.3 Å². The second kappa shape index (κ2) is 11.0. The van der Waals surface area contributed by atoms with Gasteiger partial charge in [-0.25, -0.2) is 28.6 Å². The number of aromatic nitrogens is 5. The highest BCUT2D eigenvalue weighted by molar-refractivity contribution is 7.66. The quantitative estimate of drug-likeness (QED) is 0.0727. The van der Waals surface area contributed by atoms with Crippen LogP contribution in [0.5, 0.6) is 0 Å². The van der Waals surface area contributed by atoms with Crippen molar-refractivity contribution in [3.8, 4) is 11.3 Å². The lowest BCUT2D eigenvalue weighted by Gasteiger charge is -2.19. The van der Waals surface area contributed by atoms with E-state index >= 15 is 0 Å². The maximum atomic E-state index is 12.0. The van der Waals surface area contributed by atoms with E-state index in [-0.39, 0.29) is 6.42 Å². The van der Waals surface area contributed by atoms with Crippen molar-refractivity contribution in [1.82, 2.24) is 23.9 Å². The Morgan fingerprint density at radius 1 is 1.02 bits per heavy atom. The van der Waals surface area contributed by atoms with Crippen LogP contribution in [0.3, 0.4) is 0 Å². The minimum atomic E-state index is -5.68. The van der Waals surface area contributed by atoms with Crippen LogP contribution in [-0.2, 0) is 31.6 Å². The number of aliphatic hydroxyl groups is 1. The fourth-order valence-corrected chi connectivity index (χ4v) is 7.12. The molecule has 0 amide bonds. The molecule has 1 saturated heterocycles. The van der Waals surface area contributed by atoms with E-state index in [0.29, 0.717) is 28.2 Å². The van der Waals surface area contributed by atoms with E-state index in [4.69, 9.17) is 20.1 Å². The molecule has 2 unspecified atom stereocenters. The number of fused-ring (bicyclic) bond motifs is 3. The Morgan fingerprint density at radius 3 is 2.44 bits per heavy atom. The zero-order chi connectivity index (χ0) is 29.6. The molecule has 5 rings (SSSR count). The van der Waals surface area contributed by atoms with Gasteiger partial charge in [-0.2, -0.15) is 8.62 Å². The number of rotatable bonds is 10. The number of nitrogens with zero attached hydrogens (tertiary/aromatic N) is 8. The maximum absolute atomic E-state index is 12.0. The molecular weight excluding hydrogens is 613 g/mol. The van der Waals surface area contributed by atoms with Gasteiger partial charge in [0.15, 0.2) is 16.8 Å². The van der Waals surface area contributed by atoms with Crippen LogP contribution >= 0.6 is 23.5 Å². The lowest BCUT2D eigenvalue weighted by Crippen LogP contribution is -2.26. The average molecular weight is 632 g/mol. The van der Waals surface area contributed by atoms with Gasteiger partial charge in [-0.3, -0.25) is 13.5 Å². The number of hydrogen-bond acceptors (Lipinski definition) is 12. The van der Waals surface area contributed by atoms with E-state index in [1.54, 1.807) is 34.9 Å². The van der Waals surface area contributed by atoms with Crippen molar-refractivity contribution >= 4 is 46.0 Å². The predicted molar refractivity (Wildman–Crippen MR) is 135 cm³/mol. The van der Waals surface area contributed by atoms with Crippen molar-refractivity contribution in [3.05, 3.63) is 53.6 Å². The Balaban J connectivity index is 1.31. The van der Waals surface area contributed by atoms with Crippen LogP contribution in [0.2, 0.25) is 0 Å². The van der Waals surface area contributed by atoms with Gasteiger partial charge in [-0.15, -0.1) is 0 Å². The van der Waals surface area contributed by atoms with Gasteiger partial charge in [-0.05, 0) is 5.53 Å². The zero-order valence-electron chi connectivity index (χ0n) is 20.2. The Hall–Kier alpha value is -3.05. The van der Waals surface area contributed by atoms with Gasteiger partial charge >= 0.3 is 23.5 Å². The first-order valence-corrected chi connectivity index (χ1v) is 15.7. The molecular formula is C18H19N8O12P3. The molecule has 0 saturated carbocycles. The number of phosphoric acid groups is 3. The van der Waals surface area contributed by atoms with Crippen LogP contribution in [0.25, 0.3) is 38.5 Å². The van der Waals surface area contributed by atoms with Crippen molar-refractivity contribution in [1.29, 1.82) is 0 Å². The lowest BCUT2D eigenvalue weighted by molar-refractivity contribution is -0.0423. The summed E-state index contributed by atoms with van der Waals surface area (Å²) in [5, 5.41) is 14.0. The molecule has 20 nitrogen and oxygen atoms in total. The first kappa shape index (κ1) is 29.4. The highest BCUT2D eigenvalue weighted by Gasteiger charge is 2.43. The second-order valence-corrected chi connectivity index (χ2v) is 12.9. The van der Waals surface area contributed by atoms with Gasteiger partial charge in [0.05, 0.1) is 30.9 Å². The molecule has 1 aromatic carbocycles. The minimum absolute atomic E-state index is 0.0278. The molecule has 0 radical (unpaired) electrons. The Morgan fingerprint density at radius 2 is 1.76 bits per heavy atom. The average Bonchev–Trinajstić information content (AvgIpc) is 3.57. The number of azide groups is 1. The number of ether oxygens (including phenoxy) is 1. The lowest BCUT2D eigenvalue weighted by atomic mass is 10.1. The topological polar surface area (TPSA) is 286 Å². The van der Waals surface area contributed by atoms with Crippen molar-refractivity contribution in [2.75, 3.05) is 6.61 Å². The molecule has 3 aromatic heterocycles. The first-order chi connectivity index (χ1) is 19.3. The number of aliphatic hydroxyl groups excluding tert-OH is 1. The summed E-state index contributed by atoms with van der Waals surface area (Å²) in [7, 11) is -16.6.